The smallest absolute Gasteiger partial charge is 0.0867 e. The molecule has 1 aromatic carbocycles. The van der Waals surface area contributed by atoms with Crippen molar-refractivity contribution < 1.29 is 0 Å². The molecule has 19 heavy (non-hydrogen) atoms. The molecular formula is C16H19BrN2. The zero-order valence-corrected chi connectivity index (χ0v) is 13.1. The molecule has 0 N–H and O–H groups in total. The van der Waals surface area contributed by atoms with Gasteiger partial charge in [-0.15, -0.1) is 0 Å². The molecule has 0 bridgehead atoms. The summed E-state index contributed by atoms with van der Waals surface area (Å²) in [6, 6.07) is 9.21. The first-order valence-electron chi connectivity index (χ1n) is 6.99. The standard InChI is InChI=1S/C16H19BrN2/c1-11-10-15(19-9-4-3-6-12(19)2)13-7-5-8-14(17)16(13)18-11/h5,7-8,10,12H,3-4,6,9H2,1-2H3. The third-order valence-electron chi connectivity index (χ3n) is 4.01. The number of benzene rings is 1. The molecule has 1 aliphatic rings. The third kappa shape index (κ3) is 2.36. The molecular weight excluding hydrogens is 300 g/mol. The van der Waals surface area contributed by atoms with E-state index in [9.17, 15) is 0 Å². The molecule has 3 heteroatoms. The third-order valence-corrected chi connectivity index (χ3v) is 4.65. The van der Waals surface area contributed by atoms with Crippen LogP contribution in [-0.4, -0.2) is 17.6 Å². The summed E-state index contributed by atoms with van der Waals surface area (Å²) in [5.41, 5.74) is 3.51. The highest BCUT2D eigenvalue weighted by Crippen LogP contribution is 2.34. The zero-order chi connectivity index (χ0) is 13.4. The number of para-hydroxylation sites is 1. The van der Waals surface area contributed by atoms with Crippen LogP contribution in [0.15, 0.2) is 28.7 Å². The van der Waals surface area contributed by atoms with E-state index in [2.05, 4.69) is 63.9 Å². The van der Waals surface area contributed by atoms with Crippen molar-refractivity contribution in [1.29, 1.82) is 0 Å². The minimum absolute atomic E-state index is 0.623. The van der Waals surface area contributed by atoms with Crippen molar-refractivity contribution in [3.05, 3.63) is 34.4 Å². The summed E-state index contributed by atoms with van der Waals surface area (Å²) in [4.78, 5) is 7.23. The Labute approximate surface area is 123 Å². The van der Waals surface area contributed by atoms with Crippen LogP contribution >= 0.6 is 15.9 Å². The lowest BCUT2D eigenvalue weighted by atomic mass is 10.0. The van der Waals surface area contributed by atoms with Gasteiger partial charge in [0.1, 0.15) is 0 Å². The topological polar surface area (TPSA) is 16.1 Å². The quantitative estimate of drug-likeness (QED) is 0.758. The fourth-order valence-electron chi connectivity index (χ4n) is 3.01. The lowest BCUT2D eigenvalue weighted by molar-refractivity contribution is 0.485. The summed E-state index contributed by atoms with van der Waals surface area (Å²) in [6.07, 6.45) is 3.93. The van der Waals surface area contributed by atoms with Gasteiger partial charge in [-0.2, -0.15) is 0 Å². The van der Waals surface area contributed by atoms with E-state index in [1.165, 1.54) is 30.3 Å². The Balaban J connectivity index is 2.19. The van der Waals surface area contributed by atoms with Crippen LogP contribution in [0.25, 0.3) is 10.9 Å². The molecule has 3 rings (SSSR count). The van der Waals surface area contributed by atoms with Crippen molar-refractivity contribution in [2.24, 2.45) is 0 Å². The largest absolute Gasteiger partial charge is 0.368 e. The first-order valence-corrected chi connectivity index (χ1v) is 7.78. The van der Waals surface area contributed by atoms with E-state index in [0.717, 1.165) is 22.2 Å². The number of nitrogens with zero attached hydrogens (tertiary/aromatic N) is 2. The molecule has 1 fully saturated rings. The van der Waals surface area contributed by atoms with Crippen LogP contribution in [0.1, 0.15) is 31.9 Å². The first-order chi connectivity index (χ1) is 9.16. The van der Waals surface area contributed by atoms with Gasteiger partial charge in [-0.05, 0) is 61.2 Å². The number of halogens is 1. The van der Waals surface area contributed by atoms with Crippen molar-refractivity contribution in [1.82, 2.24) is 4.98 Å². The van der Waals surface area contributed by atoms with Gasteiger partial charge in [0.2, 0.25) is 0 Å². The molecule has 0 spiro atoms. The highest BCUT2D eigenvalue weighted by atomic mass is 79.9. The molecule has 100 valence electrons. The molecule has 1 aromatic heterocycles. The van der Waals surface area contributed by atoms with E-state index < -0.39 is 0 Å². The van der Waals surface area contributed by atoms with E-state index in [0.29, 0.717) is 6.04 Å². The number of fused-ring (bicyclic) bond motifs is 1. The normalized spacial score (nSPS) is 19.9. The van der Waals surface area contributed by atoms with E-state index in [4.69, 9.17) is 0 Å². The molecule has 1 saturated heterocycles. The van der Waals surface area contributed by atoms with Crippen molar-refractivity contribution in [2.75, 3.05) is 11.4 Å². The molecule has 1 aliphatic heterocycles. The van der Waals surface area contributed by atoms with E-state index in [-0.39, 0.29) is 0 Å². The second kappa shape index (κ2) is 5.12. The fourth-order valence-corrected chi connectivity index (χ4v) is 3.47. The Bertz CT molecular complexity index is 609. The maximum absolute atomic E-state index is 4.68. The highest BCUT2D eigenvalue weighted by Gasteiger charge is 2.21. The molecule has 0 saturated carbocycles. The van der Waals surface area contributed by atoms with Crippen molar-refractivity contribution in [3.63, 3.8) is 0 Å². The van der Waals surface area contributed by atoms with E-state index >= 15 is 0 Å². The Morgan fingerprint density at radius 2 is 2.16 bits per heavy atom. The summed E-state index contributed by atoms with van der Waals surface area (Å²) in [6.45, 7) is 5.57. The molecule has 0 amide bonds. The summed E-state index contributed by atoms with van der Waals surface area (Å²) in [5, 5.41) is 1.26. The van der Waals surface area contributed by atoms with Gasteiger partial charge in [0, 0.05) is 33.8 Å². The average Bonchev–Trinajstić information content (AvgIpc) is 2.40. The second-order valence-electron chi connectivity index (χ2n) is 5.46. The minimum Gasteiger partial charge on any atom is -0.368 e. The maximum atomic E-state index is 4.68. The zero-order valence-electron chi connectivity index (χ0n) is 11.5. The molecule has 2 nitrogen and oxygen atoms in total. The first kappa shape index (κ1) is 12.9. The van der Waals surface area contributed by atoms with Crippen molar-refractivity contribution >= 4 is 32.5 Å². The lowest BCUT2D eigenvalue weighted by Crippen LogP contribution is -2.37. The van der Waals surface area contributed by atoms with Gasteiger partial charge >= 0.3 is 0 Å². The number of piperidine rings is 1. The van der Waals surface area contributed by atoms with Crippen LogP contribution in [-0.2, 0) is 0 Å². The average molecular weight is 319 g/mol. The van der Waals surface area contributed by atoms with Gasteiger partial charge in [0.05, 0.1) is 5.52 Å². The minimum atomic E-state index is 0.623. The number of aryl methyl sites for hydroxylation is 1. The second-order valence-corrected chi connectivity index (χ2v) is 6.31. The van der Waals surface area contributed by atoms with Gasteiger partial charge in [0.15, 0.2) is 0 Å². The van der Waals surface area contributed by atoms with Crippen LogP contribution in [0.3, 0.4) is 0 Å². The number of hydrogen-bond donors (Lipinski definition) is 0. The van der Waals surface area contributed by atoms with Crippen LogP contribution in [0.5, 0.6) is 0 Å². The molecule has 2 heterocycles. The Morgan fingerprint density at radius 3 is 2.95 bits per heavy atom. The number of anilines is 1. The van der Waals surface area contributed by atoms with Crippen LogP contribution in [0.4, 0.5) is 5.69 Å². The highest BCUT2D eigenvalue weighted by molar-refractivity contribution is 9.10. The summed E-state index contributed by atoms with van der Waals surface area (Å²) in [7, 11) is 0. The van der Waals surface area contributed by atoms with Gasteiger partial charge in [-0.3, -0.25) is 4.98 Å². The molecule has 2 aromatic rings. The summed E-state index contributed by atoms with van der Waals surface area (Å²) in [5.74, 6) is 0. The molecule has 0 aliphatic carbocycles. The van der Waals surface area contributed by atoms with Gasteiger partial charge in [-0.25, -0.2) is 0 Å². The Kier molecular flexibility index (Phi) is 3.48. The number of hydrogen-bond acceptors (Lipinski definition) is 2. The Morgan fingerprint density at radius 1 is 1.32 bits per heavy atom. The molecule has 1 unspecified atom stereocenters. The summed E-state index contributed by atoms with van der Waals surface area (Å²) < 4.78 is 1.08. The van der Waals surface area contributed by atoms with Crippen molar-refractivity contribution in [2.45, 2.75) is 39.2 Å². The van der Waals surface area contributed by atoms with Crippen LogP contribution in [0, 0.1) is 6.92 Å². The monoisotopic (exact) mass is 318 g/mol. The SMILES string of the molecule is Cc1cc(N2CCCCC2C)c2cccc(Br)c2n1. The number of aromatic nitrogens is 1. The maximum Gasteiger partial charge on any atom is 0.0867 e. The summed E-state index contributed by atoms with van der Waals surface area (Å²) >= 11 is 3.62. The Hall–Kier alpha value is -1.09. The van der Waals surface area contributed by atoms with E-state index in [1.54, 1.807) is 0 Å². The molecule has 0 radical (unpaired) electrons. The van der Waals surface area contributed by atoms with Crippen LogP contribution < -0.4 is 4.90 Å². The predicted molar refractivity (Wildman–Crippen MR) is 84.8 cm³/mol. The van der Waals surface area contributed by atoms with Gasteiger partial charge in [0.25, 0.3) is 0 Å². The number of rotatable bonds is 1. The molecule has 1 atom stereocenters. The number of pyridine rings is 1. The van der Waals surface area contributed by atoms with Gasteiger partial charge < -0.3 is 4.90 Å². The fraction of sp³-hybridized carbons (Fsp3) is 0.438. The van der Waals surface area contributed by atoms with E-state index in [1.807, 2.05) is 0 Å². The van der Waals surface area contributed by atoms with Crippen LogP contribution in [0.2, 0.25) is 0 Å². The van der Waals surface area contributed by atoms with Crippen molar-refractivity contribution in [3.8, 4) is 0 Å². The van der Waals surface area contributed by atoms with Gasteiger partial charge in [-0.1, -0.05) is 12.1 Å². The predicted octanol–water partition coefficient (Wildman–Crippen LogP) is 4.68. The lowest BCUT2D eigenvalue weighted by Gasteiger charge is -2.36.